The van der Waals surface area contributed by atoms with Gasteiger partial charge in [-0.25, -0.2) is 9.78 Å². The van der Waals surface area contributed by atoms with Gasteiger partial charge in [-0.1, -0.05) is 0 Å². The first-order chi connectivity index (χ1) is 13.3. The third-order valence-corrected chi connectivity index (χ3v) is 5.31. The first kappa shape index (κ1) is 19.6. The lowest BCUT2D eigenvalue weighted by atomic mass is 10.1. The molecule has 3 rings (SSSR count). The molecule has 148 valence electrons. The van der Waals surface area contributed by atoms with Crippen LogP contribution < -0.4 is 20.7 Å². The zero-order chi connectivity index (χ0) is 20.4. The van der Waals surface area contributed by atoms with Crippen molar-refractivity contribution in [3.8, 4) is 5.75 Å². The van der Waals surface area contributed by atoms with E-state index in [0.29, 0.717) is 16.3 Å². The van der Waals surface area contributed by atoms with Crippen molar-refractivity contribution >= 4 is 45.8 Å². The molecule has 0 atom stereocenters. The molecule has 10 heteroatoms. The summed E-state index contributed by atoms with van der Waals surface area (Å²) in [5.41, 5.74) is 6.77. The van der Waals surface area contributed by atoms with Crippen molar-refractivity contribution < 1.29 is 23.9 Å². The summed E-state index contributed by atoms with van der Waals surface area (Å²) in [7, 11) is 0. The number of nitrogen functional groups attached to an aromatic ring is 1. The molecule has 0 aromatic carbocycles. The van der Waals surface area contributed by atoms with Crippen molar-refractivity contribution in [2.45, 2.75) is 20.8 Å². The molecule has 0 spiro atoms. The van der Waals surface area contributed by atoms with Gasteiger partial charge in [0, 0.05) is 4.88 Å². The van der Waals surface area contributed by atoms with Crippen LogP contribution >= 0.6 is 11.3 Å². The van der Waals surface area contributed by atoms with E-state index in [1.807, 2.05) is 6.92 Å². The molecule has 0 fully saturated rings. The van der Waals surface area contributed by atoms with E-state index in [9.17, 15) is 14.4 Å². The van der Waals surface area contributed by atoms with Crippen LogP contribution in [0.25, 0.3) is 0 Å². The molecule has 1 aliphatic rings. The Kier molecular flexibility index (Phi) is 5.50. The fourth-order valence-corrected chi connectivity index (χ4v) is 3.79. The minimum absolute atomic E-state index is 0.190. The Morgan fingerprint density at radius 1 is 1.39 bits per heavy atom. The summed E-state index contributed by atoms with van der Waals surface area (Å²) in [6.07, 6.45) is 0. The van der Waals surface area contributed by atoms with Crippen molar-refractivity contribution in [1.29, 1.82) is 0 Å². The number of fused-ring (bicyclic) bond motifs is 1. The van der Waals surface area contributed by atoms with Gasteiger partial charge in [0.25, 0.3) is 5.91 Å². The fraction of sp³-hybridized carbons (Fsp3) is 0.333. The highest BCUT2D eigenvalue weighted by Gasteiger charge is 2.30. The lowest BCUT2D eigenvalue weighted by molar-refractivity contribution is -0.123. The van der Waals surface area contributed by atoms with Gasteiger partial charge in [-0.05, 0) is 38.5 Å². The average molecular weight is 404 g/mol. The van der Waals surface area contributed by atoms with Crippen molar-refractivity contribution in [1.82, 2.24) is 4.98 Å². The first-order valence-corrected chi connectivity index (χ1v) is 9.40. The Morgan fingerprint density at radius 2 is 2.14 bits per heavy atom. The zero-order valence-corrected chi connectivity index (χ0v) is 16.5. The highest BCUT2D eigenvalue weighted by Crippen LogP contribution is 2.34. The fourth-order valence-electron chi connectivity index (χ4n) is 2.73. The minimum Gasteiger partial charge on any atom is -0.480 e. The summed E-state index contributed by atoms with van der Waals surface area (Å²) < 4.78 is 10.4. The van der Waals surface area contributed by atoms with Gasteiger partial charge in [-0.15, -0.1) is 11.3 Å². The molecule has 2 aromatic heterocycles. The lowest BCUT2D eigenvalue weighted by Gasteiger charge is -2.27. The normalized spacial score (nSPS) is 13.0. The van der Waals surface area contributed by atoms with Crippen LogP contribution in [0, 0.1) is 13.8 Å². The van der Waals surface area contributed by atoms with Crippen LogP contribution in [0.2, 0.25) is 0 Å². The third kappa shape index (κ3) is 3.77. The van der Waals surface area contributed by atoms with Crippen molar-refractivity contribution in [2.75, 3.05) is 35.7 Å². The van der Waals surface area contributed by atoms with E-state index in [1.54, 1.807) is 26.0 Å². The van der Waals surface area contributed by atoms with Crippen LogP contribution in [-0.4, -0.2) is 42.5 Å². The summed E-state index contributed by atoms with van der Waals surface area (Å²) in [6.45, 7) is 5.10. The number of rotatable bonds is 5. The number of pyridine rings is 1. The molecule has 0 saturated heterocycles. The van der Waals surface area contributed by atoms with Crippen LogP contribution in [0.15, 0.2) is 12.1 Å². The predicted octanol–water partition coefficient (Wildman–Crippen LogP) is 1.88. The van der Waals surface area contributed by atoms with Gasteiger partial charge < -0.3 is 20.5 Å². The van der Waals surface area contributed by atoms with Crippen LogP contribution in [-0.2, 0) is 14.3 Å². The maximum Gasteiger partial charge on any atom is 0.341 e. The summed E-state index contributed by atoms with van der Waals surface area (Å²) >= 11 is 1.28. The highest BCUT2D eigenvalue weighted by molar-refractivity contribution is 7.16. The number of anilines is 3. The molecule has 0 saturated carbocycles. The molecule has 3 N–H and O–H groups in total. The van der Waals surface area contributed by atoms with E-state index < -0.39 is 17.8 Å². The Morgan fingerprint density at radius 3 is 2.86 bits per heavy atom. The molecule has 2 amide bonds. The Bertz CT molecular complexity index is 956. The number of nitrogens with one attached hydrogen (secondary N) is 1. The van der Waals surface area contributed by atoms with Crippen molar-refractivity contribution in [2.24, 2.45) is 0 Å². The zero-order valence-electron chi connectivity index (χ0n) is 15.7. The smallest absolute Gasteiger partial charge is 0.341 e. The maximum atomic E-state index is 12.6. The summed E-state index contributed by atoms with van der Waals surface area (Å²) in [5.74, 6) is -0.618. The Hall–Kier alpha value is -3.14. The van der Waals surface area contributed by atoms with Gasteiger partial charge >= 0.3 is 5.97 Å². The van der Waals surface area contributed by atoms with E-state index in [2.05, 4.69) is 10.3 Å². The number of nitrogens with zero attached hydrogens (tertiary/aromatic N) is 2. The highest BCUT2D eigenvalue weighted by atomic mass is 32.1. The molecule has 28 heavy (non-hydrogen) atoms. The molecule has 0 unspecified atom stereocenters. The third-order valence-electron chi connectivity index (χ3n) is 4.19. The number of esters is 1. The number of carbonyl (C=O) groups excluding carboxylic acids is 3. The second-order valence-corrected chi connectivity index (χ2v) is 7.31. The lowest BCUT2D eigenvalue weighted by Crippen LogP contribution is -2.44. The standard InChI is InChI=1S/C18H20N4O5S/c1-4-26-18(25)15-9(2)10(3)28-17(15)21-13(23)7-22-14(24)8-27-11-5-6-12(19)20-16(11)22/h5-6H,4,7-8H2,1-3H3,(H2,19,20)(H,21,23). The van der Waals surface area contributed by atoms with E-state index in [0.717, 1.165) is 10.4 Å². The first-order valence-electron chi connectivity index (χ1n) is 8.58. The predicted molar refractivity (Wildman–Crippen MR) is 105 cm³/mol. The number of hydrogen-bond donors (Lipinski definition) is 2. The summed E-state index contributed by atoms with van der Waals surface area (Å²) in [6, 6.07) is 3.15. The topological polar surface area (TPSA) is 124 Å². The van der Waals surface area contributed by atoms with Crippen LogP contribution in [0.4, 0.5) is 16.6 Å². The second kappa shape index (κ2) is 7.85. The molecule has 2 aromatic rings. The molecule has 0 bridgehead atoms. The number of aromatic nitrogens is 1. The molecule has 9 nitrogen and oxygen atoms in total. The van der Waals surface area contributed by atoms with Gasteiger partial charge in [0.05, 0.1) is 12.2 Å². The largest absolute Gasteiger partial charge is 0.480 e. The van der Waals surface area contributed by atoms with Gasteiger partial charge in [-0.3, -0.25) is 14.5 Å². The van der Waals surface area contributed by atoms with Crippen molar-refractivity contribution in [3.05, 3.63) is 28.1 Å². The number of amides is 2. The Balaban J connectivity index is 1.82. The summed E-state index contributed by atoms with van der Waals surface area (Å²) in [4.78, 5) is 43.3. The molecular weight excluding hydrogens is 384 g/mol. The maximum absolute atomic E-state index is 12.6. The van der Waals surface area contributed by atoms with Gasteiger partial charge in [0.1, 0.15) is 17.4 Å². The number of thiophene rings is 1. The van der Waals surface area contributed by atoms with E-state index in [1.165, 1.54) is 16.2 Å². The molecule has 0 aliphatic carbocycles. The number of hydrogen-bond acceptors (Lipinski definition) is 8. The number of carbonyl (C=O) groups is 3. The van der Waals surface area contributed by atoms with Gasteiger partial charge in [0.15, 0.2) is 18.2 Å². The monoisotopic (exact) mass is 404 g/mol. The number of ether oxygens (including phenoxy) is 2. The van der Waals surface area contributed by atoms with Crippen LogP contribution in [0.1, 0.15) is 27.7 Å². The second-order valence-electron chi connectivity index (χ2n) is 6.08. The Labute approximate surface area is 165 Å². The summed E-state index contributed by atoms with van der Waals surface area (Å²) in [5, 5.41) is 3.10. The minimum atomic E-state index is -0.498. The molecule has 1 aliphatic heterocycles. The van der Waals surface area contributed by atoms with E-state index in [-0.39, 0.29) is 31.4 Å². The average Bonchev–Trinajstić information content (AvgIpc) is 2.91. The SMILES string of the molecule is CCOC(=O)c1c(NC(=O)CN2C(=O)COc3ccc(N)nc32)sc(C)c1C. The van der Waals surface area contributed by atoms with E-state index >= 15 is 0 Å². The van der Waals surface area contributed by atoms with Crippen LogP contribution in [0.5, 0.6) is 5.75 Å². The van der Waals surface area contributed by atoms with Crippen LogP contribution in [0.3, 0.4) is 0 Å². The van der Waals surface area contributed by atoms with Gasteiger partial charge in [-0.2, -0.15) is 0 Å². The van der Waals surface area contributed by atoms with Gasteiger partial charge in [0.2, 0.25) is 5.91 Å². The van der Waals surface area contributed by atoms with E-state index in [4.69, 9.17) is 15.2 Å². The molecule has 3 heterocycles. The number of nitrogens with two attached hydrogens (primary N) is 1. The molecule has 0 radical (unpaired) electrons. The van der Waals surface area contributed by atoms with Crippen molar-refractivity contribution in [3.63, 3.8) is 0 Å². The quantitative estimate of drug-likeness (QED) is 0.729. The molecular formula is C18H20N4O5S. The number of aryl methyl sites for hydroxylation is 1.